The van der Waals surface area contributed by atoms with Crippen LogP contribution in [0.3, 0.4) is 0 Å². The Balaban J connectivity index is 1.56. The largest absolute Gasteiger partial charge is 0.497 e. The van der Waals surface area contributed by atoms with Crippen LogP contribution in [0, 0.1) is 0 Å². The maximum atomic E-state index is 13.0. The second-order valence-corrected chi connectivity index (χ2v) is 7.48. The van der Waals surface area contributed by atoms with Gasteiger partial charge in [-0.15, -0.1) is 0 Å². The normalized spacial score (nSPS) is 11.7. The van der Waals surface area contributed by atoms with E-state index >= 15 is 0 Å². The van der Waals surface area contributed by atoms with Gasteiger partial charge in [0.15, 0.2) is 0 Å². The Bertz CT molecular complexity index is 1160. The topological polar surface area (TPSA) is 70.3 Å². The lowest BCUT2D eigenvalue weighted by molar-refractivity contribution is -0.121. The van der Waals surface area contributed by atoms with Gasteiger partial charge in [-0.05, 0) is 47.5 Å². The third kappa shape index (κ3) is 4.67. The zero-order valence-corrected chi connectivity index (χ0v) is 18.4. The molecule has 0 spiro atoms. The van der Waals surface area contributed by atoms with E-state index in [4.69, 9.17) is 9.47 Å². The quantitative estimate of drug-likeness (QED) is 0.463. The number of hydrogen-bond acceptors (Lipinski definition) is 4. The van der Waals surface area contributed by atoms with Crippen LogP contribution in [0.1, 0.15) is 23.0 Å². The summed E-state index contributed by atoms with van der Waals surface area (Å²) in [7, 11) is 5.10. The fraction of sp³-hybridized carbons (Fsp3) is 0.200. The molecule has 0 bridgehead atoms. The van der Waals surface area contributed by atoms with Crippen LogP contribution in [-0.4, -0.2) is 34.2 Å². The first kappa shape index (κ1) is 21.2. The zero-order valence-electron chi connectivity index (χ0n) is 18.4. The van der Waals surface area contributed by atoms with Gasteiger partial charge in [0.05, 0.1) is 20.6 Å². The molecule has 1 N–H and O–H groups in total. The first-order chi connectivity index (χ1) is 15.6. The molecule has 1 amide bonds. The molecule has 0 radical (unpaired) electrons. The van der Waals surface area contributed by atoms with Gasteiger partial charge in [0.25, 0.3) is 0 Å². The van der Waals surface area contributed by atoms with E-state index in [0.29, 0.717) is 11.5 Å². The summed E-state index contributed by atoms with van der Waals surface area (Å²) < 4.78 is 14.7. The monoisotopic (exact) mass is 430 g/mol. The van der Waals surface area contributed by atoms with Gasteiger partial charge in [0, 0.05) is 43.6 Å². The van der Waals surface area contributed by atoms with Gasteiger partial charge in [-0.25, -0.2) is 4.98 Å². The number of carbonyl (C=O) groups excluding carboxylic acids is 1. The molecule has 4 rings (SSSR count). The molecule has 4 aromatic rings. The number of aryl methyl sites for hydroxylation is 1. The molecule has 0 aliphatic carbocycles. The number of carbonyl (C=O) groups is 1. The van der Waals surface area contributed by atoms with E-state index in [2.05, 4.69) is 10.3 Å². The fourth-order valence-corrected chi connectivity index (χ4v) is 3.64. The van der Waals surface area contributed by atoms with Crippen molar-refractivity contribution < 1.29 is 14.3 Å². The number of amides is 1. The van der Waals surface area contributed by atoms with Crippen molar-refractivity contribution in [2.45, 2.75) is 12.5 Å². The molecule has 1 unspecified atom stereocenters. The van der Waals surface area contributed by atoms with Crippen molar-refractivity contribution in [1.82, 2.24) is 19.4 Å². The van der Waals surface area contributed by atoms with Gasteiger partial charge in [-0.1, -0.05) is 12.1 Å². The van der Waals surface area contributed by atoms with Gasteiger partial charge in [-0.3, -0.25) is 4.79 Å². The maximum absolute atomic E-state index is 13.0. The molecular weight excluding hydrogens is 404 g/mol. The molecule has 2 aromatic carbocycles. The van der Waals surface area contributed by atoms with Crippen molar-refractivity contribution in [2.24, 2.45) is 7.05 Å². The van der Waals surface area contributed by atoms with E-state index < -0.39 is 6.04 Å². The summed E-state index contributed by atoms with van der Waals surface area (Å²) in [5, 5.41) is 3.13. The van der Waals surface area contributed by atoms with Crippen LogP contribution in [0.4, 0.5) is 0 Å². The summed E-state index contributed by atoms with van der Waals surface area (Å²) in [6.07, 6.45) is 7.80. The Morgan fingerprint density at radius 3 is 2.22 bits per heavy atom. The van der Waals surface area contributed by atoms with E-state index in [9.17, 15) is 4.79 Å². The summed E-state index contributed by atoms with van der Waals surface area (Å²) in [5.41, 5.74) is 2.81. The van der Waals surface area contributed by atoms with Gasteiger partial charge in [0.2, 0.25) is 5.91 Å². The molecular formula is C25H26N4O3. The standard InChI is InChI=1S/C25H26N4O3/c1-28-13-10-26-25(28)24(19-15-21(31-2)17-22(16-19)32-3)27-23(30)14-18-6-8-20(9-7-18)29-11-4-5-12-29/h4-13,15-17,24H,14H2,1-3H3,(H,27,30). The average Bonchev–Trinajstić information content (AvgIpc) is 3.50. The Labute approximate surface area is 187 Å². The molecule has 1 atom stereocenters. The lowest BCUT2D eigenvalue weighted by atomic mass is 10.0. The summed E-state index contributed by atoms with van der Waals surface area (Å²) >= 11 is 0. The van der Waals surface area contributed by atoms with E-state index in [1.165, 1.54) is 0 Å². The van der Waals surface area contributed by atoms with Crippen molar-refractivity contribution in [2.75, 3.05) is 14.2 Å². The van der Waals surface area contributed by atoms with E-state index in [1.807, 2.05) is 83.3 Å². The number of imidazole rings is 1. The highest BCUT2D eigenvalue weighted by Crippen LogP contribution is 2.29. The van der Waals surface area contributed by atoms with Crippen LogP contribution >= 0.6 is 0 Å². The third-order valence-electron chi connectivity index (χ3n) is 5.33. The number of nitrogens with one attached hydrogen (secondary N) is 1. The number of methoxy groups -OCH3 is 2. The molecule has 2 aromatic heterocycles. The zero-order chi connectivity index (χ0) is 22.5. The van der Waals surface area contributed by atoms with Crippen molar-refractivity contribution >= 4 is 5.91 Å². The van der Waals surface area contributed by atoms with Crippen LogP contribution in [0.5, 0.6) is 11.5 Å². The minimum atomic E-state index is -0.453. The molecule has 2 heterocycles. The van der Waals surface area contributed by atoms with Crippen LogP contribution in [-0.2, 0) is 18.3 Å². The molecule has 32 heavy (non-hydrogen) atoms. The Kier molecular flexibility index (Phi) is 6.26. The number of aromatic nitrogens is 3. The van der Waals surface area contributed by atoms with E-state index in [-0.39, 0.29) is 12.3 Å². The van der Waals surface area contributed by atoms with Gasteiger partial charge in [0.1, 0.15) is 23.4 Å². The number of hydrogen-bond donors (Lipinski definition) is 1. The average molecular weight is 431 g/mol. The SMILES string of the molecule is COc1cc(OC)cc(C(NC(=O)Cc2ccc(-n3cccc3)cc2)c2nccn2C)c1. The smallest absolute Gasteiger partial charge is 0.225 e. The van der Waals surface area contributed by atoms with Gasteiger partial charge in [-0.2, -0.15) is 0 Å². The number of benzene rings is 2. The Morgan fingerprint density at radius 1 is 1.00 bits per heavy atom. The lowest BCUT2D eigenvalue weighted by Gasteiger charge is -2.20. The Morgan fingerprint density at radius 2 is 1.66 bits per heavy atom. The molecule has 0 fully saturated rings. The molecule has 7 nitrogen and oxygen atoms in total. The predicted molar refractivity (Wildman–Crippen MR) is 122 cm³/mol. The highest BCUT2D eigenvalue weighted by molar-refractivity contribution is 5.79. The first-order valence-corrected chi connectivity index (χ1v) is 10.3. The van der Waals surface area contributed by atoms with Crippen molar-refractivity contribution in [3.8, 4) is 17.2 Å². The maximum Gasteiger partial charge on any atom is 0.225 e. The lowest BCUT2D eigenvalue weighted by Crippen LogP contribution is -2.32. The Hall–Kier alpha value is -4.00. The fourth-order valence-electron chi connectivity index (χ4n) is 3.64. The summed E-state index contributed by atoms with van der Waals surface area (Å²) in [5.74, 6) is 1.91. The number of ether oxygens (including phenoxy) is 2. The summed E-state index contributed by atoms with van der Waals surface area (Å²) in [6.45, 7) is 0. The van der Waals surface area contributed by atoms with Crippen LogP contribution in [0.15, 0.2) is 79.4 Å². The second-order valence-electron chi connectivity index (χ2n) is 7.48. The molecule has 0 saturated heterocycles. The van der Waals surface area contributed by atoms with Crippen molar-refractivity contribution in [3.63, 3.8) is 0 Å². The highest BCUT2D eigenvalue weighted by Gasteiger charge is 2.22. The van der Waals surface area contributed by atoms with E-state index in [0.717, 1.165) is 22.6 Å². The summed E-state index contributed by atoms with van der Waals surface area (Å²) in [6, 6.07) is 17.0. The number of rotatable bonds is 8. The van der Waals surface area contributed by atoms with Crippen molar-refractivity contribution in [1.29, 1.82) is 0 Å². The minimum Gasteiger partial charge on any atom is -0.497 e. The molecule has 7 heteroatoms. The van der Waals surface area contributed by atoms with Gasteiger partial charge < -0.3 is 23.9 Å². The second kappa shape index (κ2) is 9.43. The van der Waals surface area contributed by atoms with Crippen molar-refractivity contribution in [3.05, 3.63) is 96.3 Å². The van der Waals surface area contributed by atoms with E-state index in [1.54, 1.807) is 26.5 Å². The highest BCUT2D eigenvalue weighted by atomic mass is 16.5. The first-order valence-electron chi connectivity index (χ1n) is 10.3. The number of nitrogens with zero attached hydrogens (tertiary/aromatic N) is 3. The molecule has 0 aliphatic rings. The predicted octanol–water partition coefficient (Wildman–Crippen LogP) is 3.68. The van der Waals surface area contributed by atoms with Crippen LogP contribution in [0.2, 0.25) is 0 Å². The molecule has 164 valence electrons. The summed E-state index contributed by atoms with van der Waals surface area (Å²) in [4.78, 5) is 17.5. The third-order valence-corrected chi connectivity index (χ3v) is 5.33. The van der Waals surface area contributed by atoms with Crippen LogP contribution < -0.4 is 14.8 Å². The molecule has 0 aliphatic heterocycles. The molecule has 0 saturated carbocycles. The van der Waals surface area contributed by atoms with Crippen LogP contribution in [0.25, 0.3) is 5.69 Å². The van der Waals surface area contributed by atoms with Gasteiger partial charge >= 0.3 is 0 Å². The minimum absolute atomic E-state index is 0.103.